The molecule has 0 saturated carbocycles. The fraction of sp³-hybridized carbons (Fsp3) is 0.381. The minimum Gasteiger partial charge on any atom is -0.480 e. The van der Waals surface area contributed by atoms with Gasteiger partial charge in [0, 0.05) is 43.9 Å². The van der Waals surface area contributed by atoms with Gasteiger partial charge in [0.1, 0.15) is 6.61 Å². The number of nitrogens with zero attached hydrogens (tertiary/aromatic N) is 1. The number of carboxylic acids is 1. The third-order valence-corrected chi connectivity index (χ3v) is 5.09. The number of halogens is 1. The first kappa shape index (κ1) is 19.8. The lowest BCUT2D eigenvalue weighted by Crippen LogP contribution is -2.51. The predicted octanol–water partition coefficient (Wildman–Crippen LogP) is 3.27. The zero-order valence-corrected chi connectivity index (χ0v) is 16.0. The maximum absolute atomic E-state index is 10.6. The maximum atomic E-state index is 10.6. The number of aliphatic carboxylic acids is 1. The minimum absolute atomic E-state index is 0.237. The standard InChI is InChI=1S/C21H25ClN2O3/c22-18-7-5-16(6-8-18)20-4-2-1-3-17(20)14-24-11-10-23-13-19(24)9-12-27-15-21(25)26/h1-8,19,23H,9-15H2,(H,25,26). The van der Waals surface area contributed by atoms with Gasteiger partial charge in [-0.15, -0.1) is 0 Å². The van der Waals surface area contributed by atoms with Crippen LogP contribution in [0, 0.1) is 0 Å². The first-order chi connectivity index (χ1) is 13.1. The number of hydrogen-bond donors (Lipinski definition) is 2. The van der Waals surface area contributed by atoms with Crippen LogP contribution in [0.15, 0.2) is 48.5 Å². The Balaban J connectivity index is 1.69. The predicted molar refractivity (Wildman–Crippen MR) is 107 cm³/mol. The van der Waals surface area contributed by atoms with Crippen LogP contribution in [0.2, 0.25) is 5.02 Å². The summed E-state index contributed by atoms with van der Waals surface area (Å²) in [6, 6.07) is 16.7. The molecule has 0 radical (unpaired) electrons. The van der Waals surface area contributed by atoms with Crippen molar-refractivity contribution in [2.24, 2.45) is 0 Å². The van der Waals surface area contributed by atoms with E-state index in [2.05, 4.69) is 46.6 Å². The van der Waals surface area contributed by atoms with Gasteiger partial charge in [-0.25, -0.2) is 4.79 Å². The van der Waals surface area contributed by atoms with Crippen LogP contribution in [-0.2, 0) is 16.1 Å². The number of rotatable bonds is 8. The van der Waals surface area contributed by atoms with Gasteiger partial charge in [0.15, 0.2) is 0 Å². The summed E-state index contributed by atoms with van der Waals surface area (Å²) in [5.41, 5.74) is 3.65. The van der Waals surface area contributed by atoms with Crippen LogP contribution in [0.1, 0.15) is 12.0 Å². The van der Waals surface area contributed by atoms with E-state index in [1.54, 1.807) is 0 Å². The summed E-state index contributed by atoms with van der Waals surface area (Å²) in [6.45, 7) is 3.87. The molecule has 5 nitrogen and oxygen atoms in total. The molecule has 1 heterocycles. The van der Waals surface area contributed by atoms with E-state index >= 15 is 0 Å². The van der Waals surface area contributed by atoms with Crippen molar-refractivity contribution in [3.63, 3.8) is 0 Å². The average Bonchev–Trinajstić information content (AvgIpc) is 2.67. The first-order valence-electron chi connectivity index (χ1n) is 9.21. The molecule has 2 N–H and O–H groups in total. The van der Waals surface area contributed by atoms with Gasteiger partial charge in [-0.3, -0.25) is 4.90 Å². The third kappa shape index (κ3) is 5.78. The molecule has 1 saturated heterocycles. The van der Waals surface area contributed by atoms with Crippen molar-refractivity contribution < 1.29 is 14.6 Å². The molecule has 144 valence electrons. The average molecular weight is 389 g/mol. The number of carbonyl (C=O) groups is 1. The zero-order chi connectivity index (χ0) is 19.1. The molecule has 2 aromatic rings. The Hall–Kier alpha value is -1.92. The van der Waals surface area contributed by atoms with Crippen LogP contribution in [0.3, 0.4) is 0 Å². The third-order valence-electron chi connectivity index (χ3n) is 4.84. The van der Waals surface area contributed by atoms with E-state index in [0.29, 0.717) is 12.6 Å². The van der Waals surface area contributed by atoms with Crippen molar-refractivity contribution in [1.82, 2.24) is 10.2 Å². The molecule has 27 heavy (non-hydrogen) atoms. The van der Waals surface area contributed by atoms with Gasteiger partial charge in [0.2, 0.25) is 0 Å². The fourth-order valence-electron chi connectivity index (χ4n) is 3.46. The summed E-state index contributed by atoms with van der Waals surface area (Å²) in [5.74, 6) is -0.925. The Labute approximate surface area is 164 Å². The number of hydrogen-bond acceptors (Lipinski definition) is 4. The topological polar surface area (TPSA) is 61.8 Å². The summed E-state index contributed by atoms with van der Waals surface area (Å²) >= 11 is 6.03. The highest BCUT2D eigenvalue weighted by atomic mass is 35.5. The van der Waals surface area contributed by atoms with Crippen molar-refractivity contribution in [2.45, 2.75) is 19.0 Å². The lowest BCUT2D eigenvalue weighted by Gasteiger charge is -2.36. The Bertz CT molecular complexity index is 751. The molecule has 0 bridgehead atoms. The number of nitrogens with one attached hydrogen (secondary N) is 1. The minimum atomic E-state index is -0.925. The van der Waals surface area contributed by atoms with Crippen LogP contribution >= 0.6 is 11.6 Å². The van der Waals surface area contributed by atoms with E-state index in [0.717, 1.165) is 43.2 Å². The molecule has 0 spiro atoms. The Morgan fingerprint density at radius 2 is 2.00 bits per heavy atom. The van der Waals surface area contributed by atoms with Crippen LogP contribution in [0.5, 0.6) is 0 Å². The van der Waals surface area contributed by atoms with Gasteiger partial charge >= 0.3 is 5.97 Å². The van der Waals surface area contributed by atoms with Gasteiger partial charge in [0.05, 0.1) is 0 Å². The number of benzene rings is 2. The van der Waals surface area contributed by atoms with Gasteiger partial charge in [-0.05, 0) is 35.2 Å². The highest BCUT2D eigenvalue weighted by Crippen LogP contribution is 2.27. The molecule has 1 unspecified atom stereocenters. The molecule has 1 aliphatic heterocycles. The van der Waals surface area contributed by atoms with Crippen LogP contribution in [0.4, 0.5) is 0 Å². The highest BCUT2D eigenvalue weighted by molar-refractivity contribution is 6.30. The summed E-state index contributed by atoms with van der Waals surface area (Å²) < 4.78 is 5.23. The first-order valence-corrected chi connectivity index (χ1v) is 9.59. The Morgan fingerprint density at radius 3 is 2.78 bits per heavy atom. The lowest BCUT2D eigenvalue weighted by atomic mass is 9.98. The highest BCUT2D eigenvalue weighted by Gasteiger charge is 2.23. The summed E-state index contributed by atoms with van der Waals surface area (Å²) in [7, 11) is 0. The van der Waals surface area contributed by atoms with E-state index in [-0.39, 0.29) is 6.61 Å². The number of ether oxygens (including phenoxy) is 1. The van der Waals surface area contributed by atoms with Gasteiger partial charge < -0.3 is 15.2 Å². The number of carboxylic acid groups (broad SMARTS) is 1. The SMILES string of the molecule is O=C(O)COCCC1CNCCN1Cc1ccccc1-c1ccc(Cl)cc1. The lowest BCUT2D eigenvalue weighted by molar-refractivity contribution is -0.142. The Morgan fingerprint density at radius 1 is 1.22 bits per heavy atom. The number of piperazine rings is 1. The van der Waals surface area contributed by atoms with Crippen molar-refractivity contribution >= 4 is 17.6 Å². The molecule has 2 aromatic carbocycles. The molecular weight excluding hydrogens is 364 g/mol. The Kier molecular flexibility index (Phi) is 7.24. The van der Waals surface area contributed by atoms with E-state index in [4.69, 9.17) is 21.4 Å². The second kappa shape index (κ2) is 9.85. The second-order valence-corrected chi connectivity index (χ2v) is 7.16. The largest absolute Gasteiger partial charge is 0.480 e. The van der Waals surface area contributed by atoms with Crippen LogP contribution in [-0.4, -0.2) is 54.9 Å². The zero-order valence-electron chi connectivity index (χ0n) is 15.2. The smallest absolute Gasteiger partial charge is 0.329 e. The molecule has 0 amide bonds. The second-order valence-electron chi connectivity index (χ2n) is 6.73. The molecule has 0 aliphatic carbocycles. The van der Waals surface area contributed by atoms with E-state index in [1.807, 2.05) is 12.1 Å². The molecule has 1 fully saturated rings. The van der Waals surface area contributed by atoms with Crippen LogP contribution < -0.4 is 5.32 Å². The van der Waals surface area contributed by atoms with E-state index < -0.39 is 5.97 Å². The van der Waals surface area contributed by atoms with Gasteiger partial charge in [0.25, 0.3) is 0 Å². The molecule has 1 atom stereocenters. The van der Waals surface area contributed by atoms with E-state index in [9.17, 15) is 4.79 Å². The molecular formula is C21H25ClN2O3. The van der Waals surface area contributed by atoms with Crippen molar-refractivity contribution in [3.05, 3.63) is 59.1 Å². The van der Waals surface area contributed by atoms with E-state index in [1.165, 1.54) is 11.1 Å². The molecule has 3 rings (SSSR count). The van der Waals surface area contributed by atoms with Crippen molar-refractivity contribution in [3.8, 4) is 11.1 Å². The summed E-state index contributed by atoms with van der Waals surface area (Å²) in [6.07, 6.45) is 0.809. The summed E-state index contributed by atoms with van der Waals surface area (Å²) in [4.78, 5) is 13.0. The normalized spacial score (nSPS) is 17.7. The molecule has 0 aromatic heterocycles. The van der Waals surface area contributed by atoms with Gasteiger partial charge in [-0.2, -0.15) is 0 Å². The molecule has 6 heteroatoms. The molecule has 1 aliphatic rings. The summed E-state index contributed by atoms with van der Waals surface area (Å²) in [5, 5.41) is 12.9. The van der Waals surface area contributed by atoms with Crippen molar-refractivity contribution in [1.29, 1.82) is 0 Å². The fourth-order valence-corrected chi connectivity index (χ4v) is 3.59. The van der Waals surface area contributed by atoms with Crippen molar-refractivity contribution in [2.75, 3.05) is 32.8 Å². The van der Waals surface area contributed by atoms with Gasteiger partial charge in [-0.1, -0.05) is 48.0 Å². The quantitative estimate of drug-likeness (QED) is 0.679. The van der Waals surface area contributed by atoms with Crippen LogP contribution in [0.25, 0.3) is 11.1 Å². The monoisotopic (exact) mass is 388 g/mol. The maximum Gasteiger partial charge on any atom is 0.329 e.